The van der Waals surface area contributed by atoms with E-state index in [1.54, 1.807) is 24.4 Å². The molecule has 0 atom stereocenters. The van der Waals surface area contributed by atoms with Gasteiger partial charge in [0.15, 0.2) is 0 Å². The van der Waals surface area contributed by atoms with Crippen molar-refractivity contribution in [1.82, 2.24) is 0 Å². The van der Waals surface area contributed by atoms with Crippen molar-refractivity contribution in [3.05, 3.63) is 68.7 Å². The SMILES string of the molecule is O=[N+]([O-])c1ccccc1N/N=C\c1cccc(Br)c1. The number of nitro benzene ring substituents is 1. The van der Waals surface area contributed by atoms with Gasteiger partial charge in [-0.25, -0.2) is 0 Å². The lowest BCUT2D eigenvalue weighted by molar-refractivity contribution is -0.384. The van der Waals surface area contributed by atoms with Gasteiger partial charge in [0, 0.05) is 10.5 Å². The van der Waals surface area contributed by atoms with Crippen molar-refractivity contribution < 1.29 is 4.92 Å². The van der Waals surface area contributed by atoms with Crippen LogP contribution in [0.1, 0.15) is 5.56 Å². The third-order valence-corrected chi connectivity index (χ3v) is 2.84. The average molecular weight is 320 g/mol. The van der Waals surface area contributed by atoms with Gasteiger partial charge in [-0.05, 0) is 23.8 Å². The fourth-order valence-corrected chi connectivity index (χ4v) is 1.91. The molecule has 2 aromatic rings. The minimum atomic E-state index is -0.447. The molecular weight excluding hydrogens is 310 g/mol. The quantitative estimate of drug-likeness (QED) is 0.529. The molecule has 0 radical (unpaired) electrons. The van der Waals surface area contributed by atoms with Crippen molar-refractivity contribution in [2.24, 2.45) is 5.10 Å². The van der Waals surface area contributed by atoms with Crippen molar-refractivity contribution in [2.45, 2.75) is 0 Å². The van der Waals surface area contributed by atoms with Crippen LogP contribution in [0.2, 0.25) is 0 Å². The van der Waals surface area contributed by atoms with E-state index in [4.69, 9.17) is 0 Å². The van der Waals surface area contributed by atoms with Gasteiger partial charge in [0.05, 0.1) is 11.1 Å². The zero-order valence-electron chi connectivity index (χ0n) is 9.79. The molecule has 0 saturated carbocycles. The lowest BCUT2D eigenvalue weighted by atomic mass is 10.2. The van der Waals surface area contributed by atoms with Crippen LogP contribution < -0.4 is 5.43 Å². The van der Waals surface area contributed by atoms with Crippen LogP contribution in [0, 0.1) is 10.1 Å². The normalized spacial score (nSPS) is 10.6. The van der Waals surface area contributed by atoms with Crippen molar-refractivity contribution in [2.75, 3.05) is 5.43 Å². The first kappa shape index (κ1) is 13.2. The average Bonchev–Trinajstić information content (AvgIpc) is 2.39. The molecule has 0 unspecified atom stereocenters. The number of anilines is 1. The zero-order valence-corrected chi connectivity index (χ0v) is 11.4. The van der Waals surface area contributed by atoms with Gasteiger partial charge in [0.2, 0.25) is 0 Å². The van der Waals surface area contributed by atoms with Crippen LogP contribution in [0.5, 0.6) is 0 Å². The second-order valence-corrected chi connectivity index (χ2v) is 4.61. The number of hydrogen-bond donors (Lipinski definition) is 1. The van der Waals surface area contributed by atoms with E-state index >= 15 is 0 Å². The van der Waals surface area contributed by atoms with Crippen LogP contribution >= 0.6 is 15.9 Å². The number of nitrogens with one attached hydrogen (secondary N) is 1. The van der Waals surface area contributed by atoms with Gasteiger partial charge in [0.1, 0.15) is 5.69 Å². The van der Waals surface area contributed by atoms with Crippen LogP contribution in [-0.4, -0.2) is 11.1 Å². The van der Waals surface area contributed by atoms with Gasteiger partial charge in [-0.3, -0.25) is 15.5 Å². The molecular formula is C13H10BrN3O2. The van der Waals surface area contributed by atoms with Gasteiger partial charge in [-0.15, -0.1) is 0 Å². The van der Waals surface area contributed by atoms with Crippen molar-refractivity contribution in [3.8, 4) is 0 Å². The van der Waals surface area contributed by atoms with Gasteiger partial charge in [0.25, 0.3) is 5.69 Å². The van der Waals surface area contributed by atoms with E-state index in [-0.39, 0.29) is 5.69 Å². The number of nitrogens with zero attached hydrogens (tertiary/aromatic N) is 2. The van der Waals surface area contributed by atoms with E-state index in [9.17, 15) is 10.1 Å². The van der Waals surface area contributed by atoms with Crippen LogP contribution in [0.25, 0.3) is 0 Å². The first-order valence-corrected chi connectivity index (χ1v) is 6.24. The van der Waals surface area contributed by atoms with Crippen LogP contribution in [-0.2, 0) is 0 Å². The molecule has 0 saturated heterocycles. The summed E-state index contributed by atoms with van der Waals surface area (Å²) in [4.78, 5) is 10.4. The summed E-state index contributed by atoms with van der Waals surface area (Å²) in [7, 11) is 0. The molecule has 0 heterocycles. The maximum absolute atomic E-state index is 10.8. The monoisotopic (exact) mass is 319 g/mol. The van der Waals surface area contributed by atoms with Crippen molar-refractivity contribution in [1.29, 1.82) is 0 Å². The Balaban J connectivity index is 2.13. The highest BCUT2D eigenvalue weighted by Crippen LogP contribution is 2.22. The molecule has 0 spiro atoms. The fraction of sp³-hybridized carbons (Fsp3) is 0. The smallest absolute Gasteiger partial charge is 0.272 e. The predicted molar refractivity (Wildman–Crippen MR) is 78.5 cm³/mol. The number of hydrazone groups is 1. The minimum Gasteiger partial charge on any atom is -0.272 e. The lowest BCUT2D eigenvalue weighted by Crippen LogP contribution is -1.96. The van der Waals surface area contributed by atoms with E-state index < -0.39 is 4.92 Å². The van der Waals surface area contributed by atoms with Crippen molar-refractivity contribution in [3.63, 3.8) is 0 Å². The number of para-hydroxylation sites is 2. The molecule has 2 aromatic carbocycles. The second-order valence-electron chi connectivity index (χ2n) is 3.70. The number of hydrogen-bond acceptors (Lipinski definition) is 4. The summed E-state index contributed by atoms with van der Waals surface area (Å²) < 4.78 is 0.946. The van der Waals surface area contributed by atoms with Crippen LogP contribution in [0.15, 0.2) is 58.1 Å². The summed E-state index contributed by atoms with van der Waals surface area (Å²) in [6.07, 6.45) is 1.60. The first-order valence-electron chi connectivity index (χ1n) is 5.45. The largest absolute Gasteiger partial charge is 0.294 e. The molecule has 0 aliphatic carbocycles. The minimum absolute atomic E-state index is 0.00566. The third-order valence-electron chi connectivity index (χ3n) is 2.35. The Hall–Kier alpha value is -2.21. The summed E-state index contributed by atoms with van der Waals surface area (Å²) in [5.74, 6) is 0. The Kier molecular flexibility index (Phi) is 4.25. The molecule has 0 aliphatic rings. The van der Waals surface area contributed by atoms with E-state index in [1.165, 1.54) is 6.07 Å². The molecule has 0 fully saturated rings. The van der Waals surface area contributed by atoms with E-state index in [1.807, 2.05) is 24.3 Å². The highest BCUT2D eigenvalue weighted by molar-refractivity contribution is 9.10. The van der Waals surface area contributed by atoms with E-state index in [2.05, 4.69) is 26.5 Å². The second kappa shape index (κ2) is 6.10. The number of halogens is 1. The Morgan fingerprint density at radius 3 is 2.74 bits per heavy atom. The molecule has 19 heavy (non-hydrogen) atoms. The van der Waals surface area contributed by atoms with Gasteiger partial charge in [-0.1, -0.05) is 40.2 Å². The maximum Gasteiger partial charge on any atom is 0.294 e. The molecule has 6 heteroatoms. The Labute approximate surface area is 118 Å². The molecule has 5 nitrogen and oxygen atoms in total. The Morgan fingerprint density at radius 1 is 1.21 bits per heavy atom. The Bertz CT molecular complexity index is 629. The number of benzene rings is 2. The standard InChI is InChI=1S/C13H10BrN3O2/c14-11-5-3-4-10(8-11)9-15-16-12-6-1-2-7-13(12)17(18)19/h1-9,16H/b15-9-. The van der Waals surface area contributed by atoms with E-state index in [0.717, 1.165) is 10.0 Å². The molecule has 1 N–H and O–H groups in total. The molecule has 0 amide bonds. The maximum atomic E-state index is 10.8. The summed E-state index contributed by atoms with van der Waals surface area (Å²) in [6.45, 7) is 0. The summed E-state index contributed by atoms with van der Waals surface area (Å²) >= 11 is 3.36. The molecule has 2 rings (SSSR count). The summed E-state index contributed by atoms with van der Waals surface area (Å²) in [6, 6.07) is 13.9. The Morgan fingerprint density at radius 2 is 2.00 bits per heavy atom. The lowest BCUT2D eigenvalue weighted by Gasteiger charge is -2.01. The van der Waals surface area contributed by atoms with E-state index in [0.29, 0.717) is 5.69 Å². The fourth-order valence-electron chi connectivity index (χ4n) is 1.49. The van der Waals surface area contributed by atoms with Gasteiger partial charge >= 0.3 is 0 Å². The van der Waals surface area contributed by atoms with Crippen LogP contribution in [0.4, 0.5) is 11.4 Å². The summed E-state index contributed by atoms with van der Waals surface area (Å²) in [5.41, 5.74) is 3.92. The van der Waals surface area contributed by atoms with Gasteiger partial charge < -0.3 is 0 Å². The van der Waals surface area contributed by atoms with Crippen molar-refractivity contribution >= 4 is 33.5 Å². The zero-order chi connectivity index (χ0) is 13.7. The molecule has 0 aliphatic heterocycles. The topological polar surface area (TPSA) is 67.5 Å². The number of nitro groups is 1. The number of rotatable bonds is 4. The molecule has 0 aromatic heterocycles. The third kappa shape index (κ3) is 3.62. The highest BCUT2D eigenvalue weighted by Gasteiger charge is 2.10. The van der Waals surface area contributed by atoms with Gasteiger partial charge in [-0.2, -0.15) is 5.10 Å². The first-order chi connectivity index (χ1) is 9.16. The molecule has 96 valence electrons. The predicted octanol–water partition coefficient (Wildman–Crippen LogP) is 3.80. The highest BCUT2D eigenvalue weighted by atomic mass is 79.9. The van der Waals surface area contributed by atoms with Crippen LogP contribution in [0.3, 0.4) is 0 Å². The summed E-state index contributed by atoms with van der Waals surface area (Å²) in [5, 5.41) is 14.8. The molecule has 0 bridgehead atoms.